The molecule has 1 fully saturated rings. The molecule has 4 rings (SSSR count). The van der Waals surface area contributed by atoms with E-state index in [0.717, 1.165) is 47.8 Å². The molecule has 0 radical (unpaired) electrons. The molecule has 1 saturated carbocycles. The Morgan fingerprint density at radius 3 is 2.22 bits per heavy atom. The molecule has 0 saturated heterocycles. The van der Waals surface area contributed by atoms with Crippen LogP contribution in [0.25, 0.3) is 17.2 Å². The molecular weight excluding hydrogens is 398 g/mol. The molecular formula is C30H38F2. The quantitative estimate of drug-likeness (QED) is 0.343. The number of fused-ring (bicyclic) bond motifs is 1. The van der Waals surface area contributed by atoms with Gasteiger partial charge in [-0.1, -0.05) is 101 Å². The first-order valence-corrected chi connectivity index (χ1v) is 12.9. The van der Waals surface area contributed by atoms with Crippen molar-refractivity contribution in [1.82, 2.24) is 0 Å². The maximum atomic E-state index is 15.2. The van der Waals surface area contributed by atoms with Crippen molar-refractivity contribution in [2.75, 3.05) is 0 Å². The molecule has 172 valence electrons. The van der Waals surface area contributed by atoms with E-state index >= 15 is 4.39 Å². The lowest BCUT2D eigenvalue weighted by molar-refractivity contribution is 0.248. The fourth-order valence-corrected chi connectivity index (χ4v) is 5.71. The van der Waals surface area contributed by atoms with E-state index in [1.807, 2.05) is 12.1 Å². The zero-order valence-electron chi connectivity index (χ0n) is 19.6. The number of rotatable bonds is 9. The summed E-state index contributed by atoms with van der Waals surface area (Å²) in [6, 6.07) is 10.00. The normalized spacial score (nSPS) is 20.7. The van der Waals surface area contributed by atoms with Gasteiger partial charge in [0.05, 0.1) is 0 Å². The lowest BCUT2D eigenvalue weighted by atomic mass is 9.77. The third kappa shape index (κ3) is 5.88. The molecule has 2 aromatic carbocycles. The van der Waals surface area contributed by atoms with E-state index in [2.05, 4.69) is 13.0 Å². The summed E-state index contributed by atoms with van der Waals surface area (Å²) in [6.07, 6.45) is 19.1. The molecule has 0 spiro atoms. The van der Waals surface area contributed by atoms with Crippen LogP contribution < -0.4 is 0 Å². The van der Waals surface area contributed by atoms with Crippen LogP contribution in [0, 0.1) is 23.5 Å². The molecule has 0 atom stereocenters. The Morgan fingerprint density at radius 2 is 1.50 bits per heavy atom. The van der Waals surface area contributed by atoms with Gasteiger partial charge in [-0.15, -0.1) is 0 Å². The van der Waals surface area contributed by atoms with Crippen molar-refractivity contribution in [3.63, 3.8) is 0 Å². The van der Waals surface area contributed by atoms with Crippen molar-refractivity contribution in [3.8, 4) is 11.1 Å². The molecule has 0 aliphatic heterocycles. The Kier molecular flexibility index (Phi) is 8.16. The molecule has 2 aliphatic rings. The number of halogens is 2. The molecule has 32 heavy (non-hydrogen) atoms. The molecule has 2 aromatic rings. The molecule has 0 heterocycles. The van der Waals surface area contributed by atoms with Crippen LogP contribution >= 0.6 is 0 Å². The molecule has 0 unspecified atom stereocenters. The average Bonchev–Trinajstić information content (AvgIpc) is 2.82. The van der Waals surface area contributed by atoms with Crippen LogP contribution in [0.2, 0.25) is 0 Å². The first kappa shape index (κ1) is 23.2. The Labute approximate surface area is 193 Å². The summed E-state index contributed by atoms with van der Waals surface area (Å²) in [5, 5.41) is 0. The van der Waals surface area contributed by atoms with Crippen molar-refractivity contribution < 1.29 is 8.78 Å². The zero-order chi connectivity index (χ0) is 22.3. The summed E-state index contributed by atoms with van der Waals surface area (Å²) in [6.45, 7) is 2.29. The standard InChI is InChI=1S/C30H38F2/c1-2-3-4-5-6-22-7-9-23(10-8-22)11-12-24-13-19-29-26(21-24)16-20-28(30(29)32)25-14-17-27(31)18-15-25/h14-18,20-23H,2-13,19H2,1H3. The van der Waals surface area contributed by atoms with Crippen LogP contribution in [0.3, 0.4) is 0 Å². The van der Waals surface area contributed by atoms with E-state index in [1.54, 1.807) is 12.1 Å². The molecule has 0 aromatic heterocycles. The van der Waals surface area contributed by atoms with Crippen molar-refractivity contribution in [3.05, 3.63) is 64.7 Å². The van der Waals surface area contributed by atoms with Gasteiger partial charge in [0.1, 0.15) is 11.6 Å². The smallest absolute Gasteiger partial charge is 0.134 e. The van der Waals surface area contributed by atoms with Gasteiger partial charge < -0.3 is 0 Å². The minimum atomic E-state index is -0.292. The van der Waals surface area contributed by atoms with Gasteiger partial charge in [0.2, 0.25) is 0 Å². The van der Waals surface area contributed by atoms with Gasteiger partial charge in [-0.2, -0.15) is 0 Å². The van der Waals surface area contributed by atoms with Gasteiger partial charge >= 0.3 is 0 Å². The third-order valence-corrected chi connectivity index (χ3v) is 7.80. The highest BCUT2D eigenvalue weighted by Crippen LogP contribution is 2.37. The summed E-state index contributed by atoms with van der Waals surface area (Å²) >= 11 is 0. The highest BCUT2D eigenvalue weighted by atomic mass is 19.1. The van der Waals surface area contributed by atoms with Crippen LogP contribution in [0.15, 0.2) is 42.0 Å². The van der Waals surface area contributed by atoms with E-state index in [-0.39, 0.29) is 11.6 Å². The van der Waals surface area contributed by atoms with Crippen LogP contribution in [0.5, 0.6) is 0 Å². The van der Waals surface area contributed by atoms with Crippen LogP contribution in [0.4, 0.5) is 8.78 Å². The summed E-state index contributed by atoms with van der Waals surface area (Å²) in [4.78, 5) is 0. The van der Waals surface area contributed by atoms with Gasteiger partial charge in [-0.3, -0.25) is 0 Å². The second kappa shape index (κ2) is 11.3. The summed E-state index contributed by atoms with van der Waals surface area (Å²) in [5.74, 6) is 1.42. The number of allylic oxidation sites excluding steroid dienone is 1. The minimum Gasteiger partial charge on any atom is -0.207 e. The number of unbranched alkanes of at least 4 members (excludes halogenated alkanes) is 3. The Morgan fingerprint density at radius 1 is 0.781 bits per heavy atom. The third-order valence-electron chi connectivity index (χ3n) is 7.80. The van der Waals surface area contributed by atoms with Crippen molar-refractivity contribution in [1.29, 1.82) is 0 Å². The SMILES string of the molecule is CCCCCCC1CCC(CCC2=Cc3ccc(-c4ccc(F)cc4)c(F)c3CC2)CC1. The zero-order valence-corrected chi connectivity index (χ0v) is 19.6. The molecule has 2 heteroatoms. The highest BCUT2D eigenvalue weighted by Gasteiger charge is 2.22. The van der Waals surface area contributed by atoms with Crippen molar-refractivity contribution >= 4 is 6.08 Å². The van der Waals surface area contributed by atoms with E-state index in [1.165, 1.54) is 81.9 Å². The van der Waals surface area contributed by atoms with Crippen LogP contribution in [-0.2, 0) is 6.42 Å². The Hall–Kier alpha value is -1.96. The number of hydrogen-bond donors (Lipinski definition) is 0. The van der Waals surface area contributed by atoms with E-state index in [9.17, 15) is 4.39 Å². The van der Waals surface area contributed by atoms with Crippen LogP contribution in [0.1, 0.15) is 95.1 Å². The monoisotopic (exact) mass is 436 g/mol. The maximum Gasteiger partial charge on any atom is 0.134 e. The maximum absolute atomic E-state index is 15.2. The van der Waals surface area contributed by atoms with E-state index in [4.69, 9.17) is 0 Å². The highest BCUT2D eigenvalue weighted by molar-refractivity contribution is 5.70. The predicted octanol–water partition coefficient (Wildman–Crippen LogP) is 9.52. The topological polar surface area (TPSA) is 0 Å². The van der Waals surface area contributed by atoms with Crippen LogP contribution in [-0.4, -0.2) is 0 Å². The van der Waals surface area contributed by atoms with Crippen molar-refractivity contribution in [2.45, 2.75) is 90.4 Å². The number of benzene rings is 2. The predicted molar refractivity (Wildman–Crippen MR) is 132 cm³/mol. The first-order valence-electron chi connectivity index (χ1n) is 12.9. The fraction of sp³-hybridized carbons (Fsp3) is 0.533. The van der Waals surface area contributed by atoms with Crippen molar-refractivity contribution in [2.24, 2.45) is 11.8 Å². The second-order valence-electron chi connectivity index (χ2n) is 10.1. The van der Waals surface area contributed by atoms with Gasteiger partial charge in [0.15, 0.2) is 0 Å². The molecule has 2 aliphatic carbocycles. The molecule has 0 amide bonds. The van der Waals surface area contributed by atoms with Gasteiger partial charge in [-0.05, 0) is 66.3 Å². The largest absolute Gasteiger partial charge is 0.207 e. The van der Waals surface area contributed by atoms with Gasteiger partial charge in [-0.25, -0.2) is 8.78 Å². The average molecular weight is 437 g/mol. The van der Waals surface area contributed by atoms with E-state index < -0.39 is 0 Å². The summed E-state index contributed by atoms with van der Waals surface area (Å²) < 4.78 is 28.4. The summed E-state index contributed by atoms with van der Waals surface area (Å²) in [5.41, 5.74) is 4.65. The van der Waals surface area contributed by atoms with E-state index in [0.29, 0.717) is 5.56 Å². The molecule has 0 bridgehead atoms. The lowest BCUT2D eigenvalue weighted by Crippen LogP contribution is -2.15. The Balaban J connectivity index is 1.30. The number of hydrogen-bond acceptors (Lipinski definition) is 0. The summed E-state index contributed by atoms with van der Waals surface area (Å²) in [7, 11) is 0. The van der Waals surface area contributed by atoms with Gasteiger partial charge in [0, 0.05) is 5.56 Å². The second-order valence-corrected chi connectivity index (χ2v) is 10.1. The fourth-order valence-electron chi connectivity index (χ4n) is 5.71. The minimum absolute atomic E-state index is 0.137. The molecule has 0 nitrogen and oxygen atoms in total. The van der Waals surface area contributed by atoms with Gasteiger partial charge in [0.25, 0.3) is 0 Å². The lowest BCUT2D eigenvalue weighted by Gasteiger charge is -2.29. The first-order chi connectivity index (χ1) is 15.6. The molecule has 0 N–H and O–H groups in total. The Bertz CT molecular complexity index is 901.